The Hall–Kier alpha value is -1.82. The number of ketones is 4. The van der Waals surface area contributed by atoms with Crippen LogP contribution in [0.5, 0.6) is 0 Å². The van der Waals surface area contributed by atoms with Gasteiger partial charge in [-0.05, 0) is 38.5 Å². The second-order valence-corrected chi connectivity index (χ2v) is 15.5. The fraction of sp³-hybridized carbons (Fsp3) is 0.864. The molecule has 0 radical (unpaired) electrons. The quantitative estimate of drug-likeness (QED) is 0.0204. The van der Waals surface area contributed by atoms with Gasteiger partial charge in [0, 0.05) is 25.7 Å². The average Bonchev–Trinajstić information content (AvgIpc) is 3.18. The summed E-state index contributed by atoms with van der Waals surface area (Å²) in [4.78, 5) is 52.8. The maximum atomic E-state index is 13.6. The molecule has 0 aliphatic carbocycles. The van der Waals surface area contributed by atoms with E-state index in [9.17, 15) is 44.7 Å². The molecule has 6 N–H and O–H groups in total. The number of Topliss-reactive ketones (excluding diaryl/α,β-unsaturated/α-hetero) is 4. The molecule has 316 valence electrons. The molecule has 10 nitrogen and oxygen atoms in total. The third-order valence-corrected chi connectivity index (χ3v) is 10.7. The molecule has 4 unspecified atom stereocenters. The van der Waals surface area contributed by atoms with Gasteiger partial charge in [0.1, 0.15) is 12.2 Å². The van der Waals surface area contributed by atoms with Crippen LogP contribution in [0.25, 0.3) is 0 Å². The molecule has 54 heavy (non-hydrogen) atoms. The third-order valence-electron chi connectivity index (χ3n) is 10.7. The number of unbranched alkanes of at least 4 members (excludes halogenated alkanes) is 23. The molecular weight excluding hydrogens is 688 g/mol. The fourth-order valence-corrected chi connectivity index (χ4v) is 6.95. The normalized spacial score (nSPS) is 15.2. The van der Waals surface area contributed by atoms with Gasteiger partial charge in [-0.3, -0.25) is 19.2 Å². The van der Waals surface area contributed by atoms with Gasteiger partial charge in [-0.2, -0.15) is 0 Å². The van der Waals surface area contributed by atoms with Gasteiger partial charge in [0.15, 0.2) is 28.7 Å². The first kappa shape index (κ1) is 52.2. The van der Waals surface area contributed by atoms with Crippen molar-refractivity contribution in [1.82, 2.24) is 0 Å². The lowest BCUT2D eigenvalue weighted by Gasteiger charge is -2.39. The summed E-state index contributed by atoms with van der Waals surface area (Å²) in [6.07, 6.45) is 25.8. The molecule has 0 aliphatic heterocycles. The summed E-state index contributed by atoms with van der Waals surface area (Å²) in [6.45, 7) is 2.14. The fourth-order valence-electron chi connectivity index (χ4n) is 6.95. The monoisotopic (exact) mass is 769 g/mol. The first-order valence-corrected chi connectivity index (χ1v) is 21.8. The number of aliphatic hydroxyl groups is 6. The maximum absolute atomic E-state index is 13.6. The molecule has 10 heteroatoms. The zero-order valence-corrected chi connectivity index (χ0v) is 34.3. The molecule has 0 aliphatic rings. The van der Waals surface area contributed by atoms with Crippen molar-refractivity contribution < 1.29 is 49.8 Å². The van der Waals surface area contributed by atoms with Crippen LogP contribution in [0, 0.1) is 0 Å². The summed E-state index contributed by atoms with van der Waals surface area (Å²) >= 11 is 0. The Kier molecular flexibility index (Phi) is 32.2. The zero-order valence-electron chi connectivity index (χ0n) is 34.3. The van der Waals surface area contributed by atoms with E-state index in [1.54, 1.807) is 0 Å². The lowest BCUT2D eigenvalue weighted by atomic mass is 9.71. The average molecular weight is 769 g/mol. The smallest absolute Gasteiger partial charge is 0.219 e. The van der Waals surface area contributed by atoms with Crippen LogP contribution in [0.1, 0.15) is 206 Å². The number of hydrogen-bond acceptors (Lipinski definition) is 10. The van der Waals surface area contributed by atoms with E-state index in [2.05, 4.69) is 26.0 Å². The van der Waals surface area contributed by atoms with E-state index in [-0.39, 0.29) is 19.3 Å². The van der Waals surface area contributed by atoms with Gasteiger partial charge in [-0.15, -0.1) is 0 Å². The number of carbonyl (C=O) groups is 4. The second-order valence-electron chi connectivity index (χ2n) is 15.5. The molecule has 0 aromatic rings. The van der Waals surface area contributed by atoms with Gasteiger partial charge in [-0.1, -0.05) is 154 Å². The van der Waals surface area contributed by atoms with Crippen LogP contribution in [0.3, 0.4) is 0 Å². The molecule has 0 saturated carbocycles. The summed E-state index contributed by atoms with van der Waals surface area (Å²) in [6, 6.07) is 0. The predicted octanol–water partition coefficient (Wildman–Crippen LogP) is 7.73. The topological polar surface area (TPSA) is 190 Å². The van der Waals surface area contributed by atoms with E-state index in [1.165, 1.54) is 83.5 Å². The van der Waals surface area contributed by atoms with Gasteiger partial charge < -0.3 is 30.6 Å². The summed E-state index contributed by atoms with van der Waals surface area (Å²) < 4.78 is 0. The van der Waals surface area contributed by atoms with Crippen LogP contribution in [0.4, 0.5) is 0 Å². The van der Waals surface area contributed by atoms with Gasteiger partial charge in [-0.25, -0.2) is 0 Å². The first-order chi connectivity index (χ1) is 26.0. The van der Waals surface area contributed by atoms with Crippen molar-refractivity contribution in [2.24, 2.45) is 0 Å². The van der Waals surface area contributed by atoms with Crippen LogP contribution in [0.15, 0.2) is 12.2 Å². The molecule has 0 saturated heterocycles. The number of rotatable bonds is 40. The minimum Gasteiger partial charge on any atom is -0.394 e. The number of allylic oxidation sites excluding steroid dienone is 2. The molecule has 0 aromatic heterocycles. The van der Waals surface area contributed by atoms with Gasteiger partial charge >= 0.3 is 0 Å². The molecule has 0 fully saturated rings. The Labute approximate surface area is 327 Å². The minimum atomic E-state index is -3.29. The van der Waals surface area contributed by atoms with E-state index in [1.807, 2.05) is 0 Å². The second kappa shape index (κ2) is 33.3. The number of aliphatic hydroxyl groups excluding tert-OH is 4. The van der Waals surface area contributed by atoms with E-state index in [0.717, 1.165) is 57.8 Å². The van der Waals surface area contributed by atoms with E-state index in [0.29, 0.717) is 19.3 Å². The molecule has 4 atom stereocenters. The van der Waals surface area contributed by atoms with Crippen molar-refractivity contribution in [1.29, 1.82) is 0 Å². The standard InChI is InChI=1S/C44H80O10/c1-3-5-7-9-11-13-15-17-18-20-21-23-25-27-29-31-39(49)43(53,36-46)44(54,41(51)34-33-37(47)42(52)38(48)35-45)40(50)32-30-28-26-24-22-19-16-14-12-10-8-6-4-2/h14,16,38,42,45-46,48,52-54H,3-13,15,17-36H2,1-2H3/b16-14+. The highest BCUT2D eigenvalue weighted by molar-refractivity contribution is 6.16. The van der Waals surface area contributed by atoms with Gasteiger partial charge in [0.2, 0.25) is 5.60 Å². The van der Waals surface area contributed by atoms with Crippen LogP contribution in [-0.4, -0.2) is 90.4 Å². The summed E-state index contributed by atoms with van der Waals surface area (Å²) in [5, 5.41) is 61.9. The first-order valence-electron chi connectivity index (χ1n) is 21.8. The third kappa shape index (κ3) is 21.5. The lowest BCUT2D eigenvalue weighted by Crippen LogP contribution is -2.69. The number of carbonyl (C=O) groups excluding carboxylic acids is 4. The van der Waals surface area contributed by atoms with Crippen LogP contribution < -0.4 is 0 Å². The Morgan fingerprint density at radius 1 is 0.481 bits per heavy atom. The van der Waals surface area contributed by atoms with Crippen molar-refractivity contribution in [3.05, 3.63) is 12.2 Å². The molecule has 0 heterocycles. The lowest BCUT2D eigenvalue weighted by molar-refractivity contribution is -0.194. The predicted molar refractivity (Wildman–Crippen MR) is 215 cm³/mol. The van der Waals surface area contributed by atoms with Crippen LogP contribution >= 0.6 is 0 Å². The van der Waals surface area contributed by atoms with E-state index >= 15 is 0 Å². The largest absolute Gasteiger partial charge is 0.394 e. The van der Waals surface area contributed by atoms with Crippen molar-refractivity contribution in [3.8, 4) is 0 Å². The zero-order chi connectivity index (χ0) is 40.5. The maximum Gasteiger partial charge on any atom is 0.219 e. The van der Waals surface area contributed by atoms with Crippen LogP contribution in [0.2, 0.25) is 0 Å². The Morgan fingerprint density at radius 3 is 1.24 bits per heavy atom. The highest BCUT2D eigenvalue weighted by atomic mass is 16.4. The Balaban J connectivity index is 5.09. The SMILES string of the molecule is CCCCCC/C=C/CCCCCCCC(=O)C(O)(C(=O)CCC(=O)C(O)C(O)CO)C(O)(CO)C(=O)CCCCCCCCCCCCCCCCC. The summed E-state index contributed by atoms with van der Waals surface area (Å²) in [7, 11) is 0. The van der Waals surface area contributed by atoms with Crippen LogP contribution in [-0.2, 0) is 19.2 Å². The van der Waals surface area contributed by atoms with Gasteiger partial charge in [0.25, 0.3) is 0 Å². The molecule has 0 amide bonds. The molecule has 0 spiro atoms. The molecule has 0 bridgehead atoms. The molecule has 0 aromatic carbocycles. The van der Waals surface area contributed by atoms with Crippen molar-refractivity contribution >= 4 is 23.1 Å². The van der Waals surface area contributed by atoms with E-state index < -0.39 is 72.6 Å². The van der Waals surface area contributed by atoms with E-state index in [4.69, 9.17) is 5.11 Å². The highest BCUT2D eigenvalue weighted by Crippen LogP contribution is 2.32. The summed E-state index contributed by atoms with van der Waals surface area (Å²) in [5.41, 5.74) is -6.40. The molecule has 0 rings (SSSR count). The minimum absolute atomic E-state index is 0.258. The van der Waals surface area contributed by atoms with Gasteiger partial charge in [0.05, 0.1) is 13.2 Å². The van der Waals surface area contributed by atoms with Crippen molar-refractivity contribution in [2.45, 2.75) is 230 Å². The van der Waals surface area contributed by atoms with Crippen molar-refractivity contribution in [3.63, 3.8) is 0 Å². The Morgan fingerprint density at radius 2 is 0.833 bits per heavy atom. The molecular formula is C44H80O10. The number of hydrogen-bond donors (Lipinski definition) is 6. The Bertz CT molecular complexity index is 1010. The van der Waals surface area contributed by atoms with Crippen molar-refractivity contribution in [2.75, 3.05) is 13.2 Å². The summed E-state index contributed by atoms with van der Waals surface area (Å²) in [5.74, 6) is -4.48. The highest BCUT2D eigenvalue weighted by Gasteiger charge is 2.62.